The van der Waals surface area contributed by atoms with Crippen LogP contribution in [0.5, 0.6) is 11.5 Å². The van der Waals surface area contributed by atoms with E-state index < -0.39 is 0 Å². The molecule has 0 saturated heterocycles. The van der Waals surface area contributed by atoms with Crippen molar-refractivity contribution in [3.63, 3.8) is 0 Å². The molecule has 118 valence electrons. The Bertz CT molecular complexity index is 424. The molecule has 0 aromatic heterocycles. The molecule has 1 aromatic carbocycles. The fraction of sp³-hybridized carbons (Fsp3) is 0.647. The van der Waals surface area contributed by atoms with Crippen LogP contribution in [0.4, 0.5) is 0 Å². The molecule has 1 fully saturated rings. The molecule has 0 spiro atoms. The van der Waals surface area contributed by atoms with Crippen LogP contribution in [0, 0.1) is 0 Å². The molecule has 1 N–H and O–H groups in total. The summed E-state index contributed by atoms with van der Waals surface area (Å²) in [5.41, 5.74) is 0. The average molecular weight is 293 g/mol. The van der Waals surface area contributed by atoms with Gasteiger partial charge in [0.2, 0.25) is 0 Å². The Balaban J connectivity index is 1.91. The number of rotatable bonds is 9. The molecular weight excluding hydrogens is 266 g/mol. The summed E-state index contributed by atoms with van der Waals surface area (Å²) in [5.74, 6) is 1.70. The predicted octanol–water partition coefficient (Wildman–Crippen LogP) is 3.01. The lowest BCUT2D eigenvalue weighted by Crippen LogP contribution is -2.61. The van der Waals surface area contributed by atoms with E-state index in [2.05, 4.69) is 12.2 Å². The second-order valence-electron chi connectivity index (χ2n) is 5.28. The fourth-order valence-corrected chi connectivity index (χ4v) is 2.62. The third-order valence-corrected chi connectivity index (χ3v) is 3.67. The average Bonchev–Trinajstić information content (AvgIpc) is 2.48. The van der Waals surface area contributed by atoms with E-state index in [1.807, 2.05) is 38.1 Å². The largest absolute Gasteiger partial charge is 0.494 e. The number of nitrogens with one attached hydrogen (secondary N) is 1. The van der Waals surface area contributed by atoms with Gasteiger partial charge in [0.15, 0.2) is 0 Å². The van der Waals surface area contributed by atoms with Gasteiger partial charge < -0.3 is 19.5 Å². The molecule has 0 bridgehead atoms. The molecule has 21 heavy (non-hydrogen) atoms. The van der Waals surface area contributed by atoms with Crippen LogP contribution in [0.25, 0.3) is 0 Å². The Labute approximate surface area is 127 Å². The van der Waals surface area contributed by atoms with Crippen molar-refractivity contribution in [3.8, 4) is 11.5 Å². The van der Waals surface area contributed by atoms with E-state index in [1.165, 1.54) is 0 Å². The summed E-state index contributed by atoms with van der Waals surface area (Å²) in [6, 6.07) is 8.23. The Hall–Kier alpha value is -1.26. The van der Waals surface area contributed by atoms with Gasteiger partial charge >= 0.3 is 0 Å². The molecule has 2 rings (SSSR count). The van der Waals surface area contributed by atoms with E-state index in [1.54, 1.807) is 0 Å². The van der Waals surface area contributed by atoms with Gasteiger partial charge in [0, 0.05) is 25.1 Å². The lowest BCUT2D eigenvalue weighted by molar-refractivity contribution is -0.104. The Morgan fingerprint density at radius 1 is 1.14 bits per heavy atom. The summed E-state index contributed by atoms with van der Waals surface area (Å²) in [5, 5.41) is 3.52. The van der Waals surface area contributed by atoms with Gasteiger partial charge in [-0.2, -0.15) is 0 Å². The van der Waals surface area contributed by atoms with Crippen LogP contribution in [0.3, 0.4) is 0 Å². The normalized spacial score (nSPS) is 24.4. The first-order chi connectivity index (χ1) is 10.3. The van der Waals surface area contributed by atoms with Crippen LogP contribution in [0.1, 0.15) is 33.6 Å². The molecule has 1 aromatic rings. The zero-order valence-corrected chi connectivity index (χ0v) is 13.3. The zero-order chi connectivity index (χ0) is 15.1. The molecule has 0 aliphatic heterocycles. The molecule has 1 aliphatic carbocycles. The molecule has 4 heteroatoms. The molecular formula is C17H27NO3. The number of hydrogen-bond acceptors (Lipinski definition) is 4. The highest BCUT2D eigenvalue weighted by Gasteiger charge is 2.43. The van der Waals surface area contributed by atoms with E-state index in [-0.39, 0.29) is 12.2 Å². The molecule has 3 atom stereocenters. The first-order valence-corrected chi connectivity index (χ1v) is 8.03. The van der Waals surface area contributed by atoms with Gasteiger partial charge in [-0.1, -0.05) is 13.0 Å². The van der Waals surface area contributed by atoms with Crippen molar-refractivity contribution in [1.82, 2.24) is 5.32 Å². The Kier molecular flexibility index (Phi) is 6.33. The van der Waals surface area contributed by atoms with Crippen LogP contribution in [0.15, 0.2) is 24.3 Å². The lowest BCUT2D eigenvalue weighted by Gasteiger charge is -2.44. The maximum Gasteiger partial charge on any atom is 0.128 e. The summed E-state index contributed by atoms with van der Waals surface area (Å²) < 4.78 is 17.4. The predicted molar refractivity (Wildman–Crippen MR) is 84.1 cm³/mol. The monoisotopic (exact) mass is 293 g/mol. The topological polar surface area (TPSA) is 39.7 Å². The van der Waals surface area contributed by atoms with Crippen LogP contribution in [0.2, 0.25) is 0 Å². The summed E-state index contributed by atoms with van der Waals surface area (Å²) in [4.78, 5) is 0. The van der Waals surface area contributed by atoms with E-state index in [4.69, 9.17) is 14.2 Å². The molecule has 0 amide bonds. The summed E-state index contributed by atoms with van der Waals surface area (Å²) in [7, 11) is 0. The van der Waals surface area contributed by atoms with Crippen LogP contribution in [-0.4, -0.2) is 38.0 Å². The minimum absolute atomic E-state index is 0.121. The first kappa shape index (κ1) is 16.1. The second kappa shape index (κ2) is 8.25. The maximum absolute atomic E-state index is 6.07. The van der Waals surface area contributed by atoms with Crippen molar-refractivity contribution in [1.29, 1.82) is 0 Å². The van der Waals surface area contributed by atoms with Gasteiger partial charge in [-0.3, -0.25) is 0 Å². The van der Waals surface area contributed by atoms with Gasteiger partial charge in [-0.05, 0) is 38.9 Å². The van der Waals surface area contributed by atoms with E-state index in [9.17, 15) is 0 Å². The number of ether oxygens (including phenoxy) is 3. The van der Waals surface area contributed by atoms with Gasteiger partial charge in [-0.25, -0.2) is 0 Å². The van der Waals surface area contributed by atoms with Gasteiger partial charge in [0.25, 0.3) is 0 Å². The first-order valence-electron chi connectivity index (χ1n) is 8.03. The molecule has 1 aliphatic rings. The quantitative estimate of drug-likeness (QED) is 0.760. The maximum atomic E-state index is 6.07. The smallest absolute Gasteiger partial charge is 0.128 e. The highest BCUT2D eigenvalue weighted by Crippen LogP contribution is 2.30. The number of hydrogen-bond donors (Lipinski definition) is 1. The van der Waals surface area contributed by atoms with Crippen LogP contribution >= 0.6 is 0 Å². The van der Waals surface area contributed by atoms with Crippen LogP contribution < -0.4 is 14.8 Å². The third kappa shape index (κ3) is 4.35. The molecule has 0 heterocycles. The van der Waals surface area contributed by atoms with Crippen molar-refractivity contribution in [3.05, 3.63) is 24.3 Å². The van der Waals surface area contributed by atoms with Crippen molar-refractivity contribution in [2.75, 3.05) is 19.8 Å². The molecule has 4 nitrogen and oxygen atoms in total. The van der Waals surface area contributed by atoms with Gasteiger partial charge in [-0.15, -0.1) is 0 Å². The van der Waals surface area contributed by atoms with Crippen molar-refractivity contribution in [2.45, 2.75) is 51.9 Å². The van der Waals surface area contributed by atoms with E-state index >= 15 is 0 Å². The van der Waals surface area contributed by atoms with Crippen LogP contribution in [-0.2, 0) is 4.74 Å². The number of benzene rings is 1. The van der Waals surface area contributed by atoms with Crippen molar-refractivity contribution < 1.29 is 14.2 Å². The Morgan fingerprint density at radius 2 is 1.95 bits per heavy atom. The van der Waals surface area contributed by atoms with E-state index in [0.29, 0.717) is 19.3 Å². The molecule has 3 unspecified atom stereocenters. The Morgan fingerprint density at radius 3 is 2.67 bits per heavy atom. The van der Waals surface area contributed by atoms with Gasteiger partial charge in [0.1, 0.15) is 23.7 Å². The molecule has 0 radical (unpaired) electrons. The van der Waals surface area contributed by atoms with E-state index in [0.717, 1.165) is 30.9 Å². The molecule has 1 saturated carbocycles. The standard InChI is InChI=1S/C17H27NO3/c1-4-10-18-15-12-16(17(15)20-6-3)21-14-9-7-8-13(11-14)19-5-2/h7-9,11,15-18H,4-6,10,12H2,1-3H3. The van der Waals surface area contributed by atoms with Gasteiger partial charge in [0.05, 0.1) is 6.61 Å². The minimum Gasteiger partial charge on any atom is -0.494 e. The third-order valence-electron chi connectivity index (χ3n) is 3.67. The van der Waals surface area contributed by atoms with Crippen molar-refractivity contribution >= 4 is 0 Å². The second-order valence-corrected chi connectivity index (χ2v) is 5.28. The minimum atomic E-state index is 0.121. The zero-order valence-electron chi connectivity index (χ0n) is 13.3. The highest BCUT2D eigenvalue weighted by molar-refractivity contribution is 5.33. The summed E-state index contributed by atoms with van der Waals surface area (Å²) >= 11 is 0. The summed E-state index contributed by atoms with van der Waals surface area (Å²) in [6.45, 7) is 8.59. The lowest BCUT2D eigenvalue weighted by atomic mass is 9.85. The SMILES string of the molecule is CCCNC1CC(Oc2cccc(OCC)c2)C1OCC. The summed E-state index contributed by atoms with van der Waals surface area (Å²) in [6.07, 6.45) is 2.38. The highest BCUT2D eigenvalue weighted by atomic mass is 16.5. The fourth-order valence-electron chi connectivity index (χ4n) is 2.62. The van der Waals surface area contributed by atoms with Crippen molar-refractivity contribution in [2.24, 2.45) is 0 Å².